The molecule has 2 heterocycles. The van der Waals surface area contributed by atoms with Crippen LogP contribution in [0.2, 0.25) is 5.02 Å². The van der Waals surface area contributed by atoms with E-state index in [0.717, 1.165) is 44.5 Å². The van der Waals surface area contributed by atoms with Crippen LogP contribution in [0.4, 0.5) is 16.2 Å². The van der Waals surface area contributed by atoms with E-state index in [1.165, 1.54) is 4.90 Å². The number of hydrogen-bond donors (Lipinski definition) is 2. The van der Waals surface area contributed by atoms with Gasteiger partial charge in [-0.15, -0.1) is 0 Å². The minimum atomic E-state index is -0.803. The van der Waals surface area contributed by atoms with E-state index in [-0.39, 0.29) is 5.41 Å². The first kappa shape index (κ1) is 17.0. The fourth-order valence-corrected chi connectivity index (χ4v) is 4.16. The third kappa shape index (κ3) is 3.20. The van der Waals surface area contributed by atoms with Gasteiger partial charge >= 0.3 is 6.09 Å². The van der Waals surface area contributed by atoms with Gasteiger partial charge in [0, 0.05) is 32.2 Å². The van der Waals surface area contributed by atoms with Crippen molar-refractivity contribution < 1.29 is 14.6 Å². The van der Waals surface area contributed by atoms with Gasteiger partial charge in [-0.3, -0.25) is 0 Å². The standard InChI is InChI=1S/C17H24ClN3O3/c1-24-15-11-14(12(18)10-13(15)19)20-6-2-17(3-7-20)4-8-21(9-5-17)16(22)23/h10-11H,2-9,19H2,1H3,(H,22,23). The van der Waals surface area contributed by atoms with Crippen molar-refractivity contribution >= 4 is 29.1 Å². The van der Waals surface area contributed by atoms with E-state index in [2.05, 4.69) is 4.90 Å². The highest BCUT2D eigenvalue weighted by atomic mass is 35.5. The smallest absolute Gasteiger partial charge is 0.407 e. The lowest BCUT2D eigenvalue weighted by Gasteiger charge is -2.47. The first-order valence-electron chi connectivity index (χ1n) is 8.30. The van der Waals surface area contributed by atoms with Crippen LogP contribution >= 0.6 is 11.6 Å². The number of nitrogens with zero attached hydrogens (tertiary/aromatic N) is 2. The predicted octanol–water partition coefficient (Wildman–Crippen LogP) is 3.29. The number of carboxylic acid groups (broad SMARTS) is 1. The molecule has 1 aromatic rings. The van der Waals surface area contributed by atoms with E-state index in [9.17, 15) is 4.79 Å². The summed E-state index contributed by atoms with van der Waals surface area (Å²) in [7, 11) is 1.60. The average molecular weight is 354 g/mol. The van der Waals surface area contributed by atoms with Crippen LogP contribution in [-0.4, -0.2) is 49.4 Å². The highest BCUT2D eigenvalue weighted by molar-refractivity contribution is 6.33. The minimum Gasteiger partial charge on any atom is -0.495 e. The zero-order valence-corrected chi connectivity index (χ0v) is 14.7. The summed E-state index contributed by atoms with van der Waals surface area (Å²) in [6.07, 6.45) is 3.22. The Morgan fingerprint density at radius 1 is 1.21 bits per heavy atom. The maximum Gasteiger partial charge on any atom is 0.407 e. The molecule has 0 saturated carbocycles. The van der Waals surface area contributed by atoms with Gasteiger partial charge in [-0.25, -0.2) is 4.79 Å². The third-order valence-corrected chi connectivity index (χ3v) is 5.86. The molecule has 0 aliphatic carbocycles. The number of anilines is 2. The van der Waals surface area contributed by atoms with Gasteiger partial charge in [0.25, 0.3) is 0 Å². The van der Waals surface area contributed by atoms with E-state index in [4.69, 9.17) is 27.2 Å². The summed E-state index contributed by atoms with van der Waals surface area (Å²) in [5.74, 6) is 0.643. The molecule has 2 aliphatic heterocycles. The maximum atomic E-state index is 11.1. The van der Waals surface area contributed by atoms with Crippen molar-refractivity contribution in [3.05, 3.63) is 17.2 Å². The summed E-state index contributed by atoms with van der Waals surface area (Å²) in [4.78, 5) is 14.9. The Labute approximate surface area is 147 Å². The van der Waals surface area contributed by atoms with Crippen molar-refractivity contribution in [1.29, 1.82) is 0 Å². The number of methoxy groups -OCH3 is 1. The zero-order valence-electron chi connectivity index (χ0n) is 13.9. The van der Waals surface area contributed by atoms with Crippen molar-refractivity contribution in [2.45, 2.75) is 25.7 Å². The largest absolute Gasteiger partial charge is 0.495 e. The molecule has 0 aromatic heterocycles. The second kappa shape index (κ2) is 6.59. The van der Waals surface area contributed by atoms with Gasteiger partial charge in [0.05, 0.1) is 23.5 Å². The SMILES string of the molecule is COc1cc(N2CCC3(CCN(C(=O)O)CC3)CC2)c(Cl)cc1N. The van der Waals surface area contributed by atoms with Crippen LogP contribution in [0.15, 0.2) is 12.1 Å². The number of piperidine rings is 2. The molecule has 3 rings (SSSR count). The molecule has 0 unspecified atom stereocenters. The van der Waals surface area contributed by atoms with Crippen LogP contribution in [0.25, 0.3) is 0 Å². The zero-order chi connectivity index (χ0) is 17.3. The van der Waals surface area contributed by atoms with Gasteiger partial charge in [-0.05, 0) is 37.2 Å². The first-order chi connectivity index (χ1) is 11.4. The first-order valence-corrected chi connectivity index (χ1v) is 8.68. The fraction of sp³-hybridized carbons (Fsp3) is 0.588. The van der Waals surface area contributed by atoms with E-state index in [1.54, 1.807) is 13.2 Å². The Morgan fingerprint density at radius 3 is 2.33 bits per heavy atom. The maximum absolute atomic E-state index is 11.1. The number of amides is 1. The van der Waals surface area contributed by atoms with Crippen LogP contribution in [0.3, 0.4) is 0 Å². The summed E-state index contributed by atoms with van der Waals surface area (Å²) in [5, 5.41) is 9.74. The molecule has 132 valence electrons. The molecule has 2 fully saturated rings. The molecule has 1 aromatic carbocycles. The number of likely N-dealkylation sites (tertiary alicyclic amines) is 1. The molecule has 0 atom stereocenters. The van der Waals surface area contributed by atoms with Crippen molar-refractivity contribution in [2.75, 3.05) is 43.9 Å². The number of halogens is 1. The van der Waals surface area contributed by atoms with Crippen molar-refractivity contribution in [2.24, 2.45) is 5.41 Å². The Bertz CT molecular complexity index is 620. The van der Waals surface area contributed by atoms with E-state index in [1.807, 2.05) is 6.07 Å². The monoisotopic (exact) mass is 353 g/mol. The molecule has 3 N–H and O–H groups in total. The Kier molecular flexibility index (Phi) is 4.67. The molecule has 2 aliphatic rings. The van der Waals surface area contributed by atoms with Gasteiger partial charge < -0.3 is 25.4 Å². The molecule has 2 saturated heterocycles. The van der Waals surface area contributed by atoms with Crippen LogP contribution in [0.5, 0.6) is 5.75 Å². The van der Waals surface area contributed by atoms with E-state index < -0.39 is 6.09 Å². The third-order valence-electron chi connectivity index (χ3n) is 5.56. The van der Waals surface area contributed by atoms with Gasteiger partial charge in [0.1, 0.15) is 5.75 Å². The van der Waals surface area contributed by atoms with Crippen LogP contribution < -0.4 is 15.4 Å². The fourth-order valence-electron chi connectivity index (χ4n) is 3.87. The molecule has 1 spiro atoms. The quantitative estimate of drug-likeness (QED) is 0.797. The van der Waals surface area contributed by atoms with E-state index in [0.29, 0.717) is 29.5 Å². The van der Waals surface area contributed by atoms with Gasteiger partial charge in [-0.1, -0.05) is 11.6 Å². The molecular weight excluding hydrogens is 330 g/mol. The van der Waals surface area contributed by atoms with Crippen LogP contribution in [-0.2, 0) is 0 Å². The van der Waals surface area contributed by atoms with Crippen molar-refractivity contribution in [1.82, 2.24) is 4.90 Å². The second-order valence-corrected chi connectivity index (χ2v) is 7.21. The number of ether oxygens (including phenoxy) is 1. The summed E-state index contributed by atoms with van der Waals surface area (Å²) >= 11 is 6.37. The Hall–Kier alpha value is -1.82. The average Bonchev–Trinajstić information content (AvgIpc) is 2.57. The van der Waals surface area contributed by atoms with Gasteiger partial charge in [0.2, 0.25) is 0 Å². The Balaban J connectivity index is 1.67. The van der Waals surface area contributed by atoms with Crippen molar-refractivity contribution in [3.8, 4) is 5.75 Å². The minimum absolute atomic E-state index is 0.271. The van der Waals surface area contributed by atoms with Gasteiger partial charge in [0.15, 0.2) is 0 Å². The molecular formula is C17H24ClN3O3. The number of carbonyl (C=O) groups is 1. The molecule has 6 nitrogen and oxygen atoms in total. The molecule has 7 heteroatoms. The number of nitrogens with two attached hydrogens (primary N) is 1. The summed E-state index contributed by atoms with van der Waals surface area (Å²) in [6.45, 7) is 3.12. The number of nitrogen functional groups attached to an aromatic ring is 1. The highest BCUT2D eigenvalue weighted by Gasteiger charge is 2.38. The number of benzene rings is 1. The Morgan fingerprint density at radius 2 is 1.79 bits per heavy atom. The van der Waals surface area contributed by atoms with E-state index >= 15 is 0 Å². The number of hydrogen-bond acceptors (Lipinski definition) is 4. The molecule has 24 heavy (non-hydrogen) atoms. The predicted molar refractivity (Wildman–Crippen MR) is 95.1 cm³/mol. The summed E-state index contributed by atoms with van der Waals surface area (Å²) in [6, 6.07) is 3.65. The van der Waals surface area contributed by atoms with Crippen LogP contribution in [0.1, 0.15) is 25.7 Å². The lowest BCUT2D eigenvalue weighted by molar-refractivity contribution is 0.0736. The number of rotatable bonds is 2. The topological polar surface area (TPSA) is 79.0 Å². The lowest BCUT2D eigenvalue weighted by atomic mass is 9.71. The molecule has 0 bridgehead atoms. The lowest BCUT2D eigenvalue weighted by Crippen LogP contribution is -2.48. The van der Waals surface area contributed by atoms with Crippen molar-refractivity contribution in [3.63, 3.8) is 0 Å². The second-order valence-electron chi connectivity index (χ2n) is 6.80. The normalized spacial score (nSPS) is 20.2. The summed E-state index contributed by atoms with van der Waals surface area (Å²) < 4.78 is 5.30. The molecule has 1 amide bonds. The molecule has 0 radical (unpaired) electrons. The van der Waals surface area contributed by atoms with Crippen LogP contribution in [0, 0.1) is 5.41 Å². The summed E-state index contributed by atoms with van der Waals surface area (Å²) in [5.41, 5.74) is 7.67. The highest BCUT2D eigenvalue weighted by Crippen LogP contribution is 2.44. The van der Waals surface area contributed by atoms with Gasteiger partial charge in [-0.2, -0.15) is 0 Å².